The highest BCUT2D eigenvalue weighted by atomic mass is 79.9. The summed E-state index contributed by atoms with van der Waals surface area (Å²) in [5, 5.41) is 1.10. The van der Waals surface area contributed by atoms with Gasteiger partial charge in [-0.3, -0.25) is 4.79 Å². The van der Waals surface area contributed by atoms with Gasteiger partial charge in [-0.05, 0) is 54.1 Å². The van der Waals surface area contributed by atoms with E-state index in [9.17, 15) is 4.79 Å². The van der Waals surface area contributed by atoms with Crippen LogP contribution in [-0.2, 0) is 6.61 Å². The summed E-state index contributed by atoms with van der Waals surface area (Å²) in [7, 11) is 0. The fourth-order valence-electron chi connectivity index (χ4n) is 2.78. The standard InChI is InChI=1S/C22H14BrClO3/c23-16-9-5-14(6-10-16)13-26-22-20(25)18-3-1-2-4-19(18)27-21(22)15-7-11-17(24)12-8-15/h1-12H,13H2. The molecule has 1 heterocycles. The fraction of sp³-hybridized carbons (Fsp3) is 0.0455. The number of rotatable bonds is 4. The predicted octanol–water partition coefficient (Wildman–Crippen LogP) is 6.45. The van der Waals surface area contributed by atoms with Gasteiger partial charge in [0.2, 0.25) is 11.2 Å². The second-order valence-corrected chi connectivity index (χ2v) is 7.36. The number of hydrogen-bond donors (Lipinski definition) is 0. The third-order valence-corrected chi connectivity index (χ3v) is 4.94. The first-order valence-electron chi connectivity index (χ1n) is 8.31. The van der Waals surface area contributed by atoms with Gasteiger partial charge in [0.15, 0.2) is 5.76 Å². The van der Waals surface area contributed by atoms with Crippen LogP contribution in [0.4, 0.5) is 0 Å². The van der Waals surface area contributed by atoms with E-state index in [1.165, 1.54) is 0 Å². The topological polar surface area (TPSA) is 39.4 Å². The molecule has 0 aliphatic rings. The van der Waals surface area contributed by atoms with Crippen molar-refractivity contribution in [1.29, 1.82) is 0 Å². The summed E-state index contributed by atoms with van der Waals surface area (Å²) < 4.78 is 12.9. The SMILES string of the molecule is O=c1c(OCc2ccc(Br)cc2)c(-c2ccc(Cl)cc2)oc2ccccc12. The van der Waals surface area contributed by atoms with E-state index < -0.39 is 0 Å². The molecule has 0 saturated carbocycles. The van der Waals surface area contributed by atoms with Crippen molar-refractivity contribution in [3.63, 3.8) is 0 Å². The lowest BCUT2D eigenvalue weighted by molar-refractivity contribution is 0.298. The van der Waals surface area contributed by atoms with Crippen LogP contribution in [0.2, 0.25) is 5.02 Å². The summed E-state index contributed by atoms with van der Waals surface area (Å²) in [6.07, 6.45) is 0. The number of halogens is 2. The van der Waals surface area contributed by atoms with Crippen LogP contribution in [0.1, 0.15) is 5.56 Å². The number of fused-ring (bicyclic) bond motifs is 1. The summed E-state index contributed by atoms with van der Waals surface area (Å²) in [4.78, 5) is 13.0. The maximum atomic E-state index is 13.0. The number of hydrogen-bond acceptors (Lipinski definition) is 3. The molecule has 0 bridgehead atoms. The number of ether oxygens (including phenoxy) is 1. The summed E-state index contributed by atoms with van der Waals surface area (Å²) in [5.74, 6) is 0.589. The second-order valence-electron chi connectivity index (χ2n) is 6.01. The first-order valence-corrected chi connectivity index (χ1v) is 9.48. The van der Waals surface area contributed by atoms with Crippen molar-refractivity contribution in [3.8, 4) is 17.1 Å². The van der Waals surface area contributed by atoms with E-state index in [-0.39, 0.29) is 17.8 Å². The van der Waals surface area contributed by atoms with Crippen LogP contribution in [0.15, 0.2) is 86.5 Å². The molecule has 5 heteroatoms. The average Bonchev–Trinajstić information content (AvgIpc) is 2.69. The molecule has 3 nitrogen and oxygen atoms in total. The van der Waals surface area contributed by atoms with E-state index >= 15 is 0 Å². The highest BCUT2D eigenvalue weighted by Gasteiger charge is 2.17. The van der Waals surface area contributed by atoms with Gasteiger partial charge in [0.1, 0.15) is 12.2 Å². The largest absolute Gasteiger partial charge is 0.481 e. The number of para-hydroxylation sites is 1. The van der Waals surface area contributed by atoms with E-state index in [1.807, 2.05) is 42.5 Å². The third kappa shape index (κ3) is 3.77. The van der Waals surface area contributed by atoms with Gasteiger partial charge >= 0.3 is 0 Å². The van der Waals surface area contributed by atoms with Gasteiger partial charge in [-0.15, -0.1) is 0 Å². The molecule has 27 heavy (non-hydrogen) atoms. The first-order chi connectivity index (χ1) is 13.1. The molecule has 0 N–H and O–H groups in total. The molecule has 134 valence electrons. The van der Waals surface area contributed by atoms with Crippen molar-refractivity contribution < 1.29 is 9.15 Å². The van der Waals surface area contributed by atoms with Crippen LogP contribution in [0, 0.1) is 0 Å². The molecule has 0 radical (unpaired) electrons. The van der Waals surface area contributed by atoms with Crippen LogP contribution >= 0.6 is 27.5 Å². The second kappa shape index (κ2) is 7.59. The van der Waals surface area contributed by atoms with E-state index in [2.05, 4.69) is 15.9 Å². The highest BCUT2D eigenvalue weighted by Crippen LogP contribution is 2.32. The Labute approximate surface area is 169 Å². The Kier molecular flexibility index (Phi) is 5.01. The van der Waals surface area contributed by atoms with E-state index in [0.29, 0.717) is 21.8 Å². The van der Waals surface area contributed by atoms with E-state index in [0.717, 1.165) is 15.6 Å². The van der Waals surface area contributed by atoms with E-state index in [1.54, 1.807) is 30.3 Å². The van der Waals surface area contributed by atoms with Crippen LogP contribution in [-0.4, -0.2) is 0 Å². The molecule has 4 rings (SSSR count). The smallest absolute Gasteiger partial charge is 0.235 e. The molecular weight excluding hydrogens is 428 g/mol. The molecule has 0 aliphatic heterocycles. The maximum Gasteiger partial charge on any atom is 0.235 e. The van der Waals surface area contributed by atoms with Gasteiger partial charge in [0.25, 0.3) is 0 Å². The van der Waals surface area contributed by atoms with Crippen molar-refractivity contribution in [2.24, 2.45) is 0 Å². The van der Waals surface area contributed by atoms with Crippen LogP contribution in [0.5, 0.6) is 5.75 Å². The molecule has 3 aromatic carbocycles. The molecular formula is C22H14BrClO3. The fourth-order valence-corrected chi connectivity index (χ4v) is 3.17. The molecule has 0 atom stereocenters. The molecule has 0 spiro atoms. The monoisotopic (exact) mass is 440 g/mol. The summed E-state index contributed by atoms with van der Waals surface area (Å²) in [6, 6.07) is 22.0. The van der Waals surface area contributed by atoms with Crippen LogP contribution < -0.4 is 10.2 Å². The minimum atomic E-state index is -0.195. The molecule has 0 unspecified atom stereocenters. The first kappa shape index (κ1) is 17.8. The van der Waals surface area contributed by atoms with Gasteiger partial charge in [0.05, 0.1) is 5.39 Å². The van der Waals surface area contributed by atoms with Crippen molar-refractivity contribution in [3.05, 3.63) is 98.1 Å². The minimum Gasteiger partial charge on any atom is -0.481 e. The molecule has 0 saturated heterocycles. The third-order valence-electron chi connectivity index (χ3n) is 4.16. The maximum absolute atomic E-state index is 13.0. The zero-order chi connectivity index (χ0) is 18.8. The Bertz CT molecular complexity index is 1150. The quantitative estimate of drug-likeness (QED) is 0.365. The Morgan fingerprint density at radius 3 is 2.37 bits per heavy atom. The lowest BCUT2D eigenvalue weighted by atomic mass is 10.1. The summed E-state index contributed by atoms with van der Waals surface area (Å²) in [6.45, 7) is 0.261. The van der Waals surface area contributed by atoms with Crippen molar-refractivity contribution in [2.45, 2.75) is 6.61 Å². The Hall–Kier alpha value is -2.56. The normalized spacial score (nSPS) is 10.9. The summed E-state index contributed by atoms with van der Waals surface area (Å²) >= 11 is 9.40. The zero-order valence-corrected chi connectivity index (χ0v) is 16.5. The Morgan fingerprint density at radius 2 is 1.63 bits per heavy atom. The molecule has 1 aromatic heterocycles. The van der Waals surface area contributed by atoms with Crippen molar-refractivity contribution in [2.75, 3.05) is 0 Å². The Balaban J connectivity index is 1.82. The molecule has 0 fully saturated rings. The lowest BCUT2D eigenvalue weighted by Gasteiger charge is -2.12. The van der Waals surface area contributed by atoms with Gasteiger partial charge < -0.3 is 9.15 Å². The number of benzene rings is 3. The molecule has 0 amide bonds. The van der Waals surface area contributed by atoms with Gasteiger partial charge in [0, 0.05) is 15.1 Å². The van der Waals surface area contributed by atoms with Gasteiger partial charge in [-0.1, -0.05) is 51.8 Å². The van der Waals surface area contributed by atoms with Gasteiger partial charge in [-0.25, -0.2) is 0 Å². The molecule has 0 aliphatic carbocycles. The van der Waals surface area contributed by atoms with Crippen LogP contribution in [0.3, 0.4) is 0 Å². The van der Waals surface area contributed by atoms with E-state index in [4.69, 9.17) is 20.8 Å². The molecule has 4 aromatic rings. The van der Waals surface area contributed by atoms with Gasteiger partial charge in [-0.2, -0.15) is 0 Å². The van der Waals surface area contributed by atoms with Crippen molar-refractivity contribution >= 4 is 38.5 Å². The van der Waals surface area contributed by atoms with Crippen LogP contribution in [0.25, 0.3) is 22.3 Å². The lowest BCUT2D eigenvalue weighted by Crippen LogP contribution is -2.10. The average molecular weight is 442 g/mol. The highest BCUT2D eigenvalue weighted by molar-refractivity contribution is 9.10. The zero-order valence-electron chi connectivity index (χ0n) is 14.1. The Morgan fingerprint density at radius 1 is 0.926 bits per heavy atom. The predicted molar refractivity (Wildman–Crippen MR) is 111 cm³/mol. The van der Waals surface area contributed by atoms with Crippen molar-refractivity contribution in [1.82, 2.24) is 0 Å². The summed E-state index contributed by atoms with van der Waals surface area (Å²) in [5.41, 5.74) is 2.00. The minimum absolute atomic E-state index is 0.193.